The van der Waals surface area contributed by atoms with Crippen LogP contribution in [-0.2, 0) is 23.9 Å². The van der Waals surface area contributed by atoms with Gasteiger partial charge in [-0.05, 0) is 31.0 Å². The molecule has 0 aliphatic rings. The van der Waals surface area contributed by atoms with Crippen LogP contribution >= 0.6 is 35.3 Å². The van der Waals surface area contributed by atoms with Crippen molar-refractivity contribution in [3.8, 4) is 0 Å². The molecule has 2 rings (SSSR count). The number of hydrogen-bond donors (Lipinski definition) is 3. The van der Waals surface area contributed by atoms with E-state index in [0.29, 0.717) is 43.4 Å². The third-order valence-electron chi connectivity index (χ3n) is 3.93. The molecule has 0 bridgehead atoms. The van der Waals surface area contributed by atoms with E-state index in [0.717, 1.165) is 34.4 Å². The summed E-state index contributed by atoms with van der Waals surface area (Å²) in [7, 11) is 0. The third kappa shape index (κ3) is 9.85. The number of amides is 1. The van der Waals surface area contributed by atoms with Gasteiger partial charge in [0.15, 0.2) is 11.7 Å². The van der Waals surface area contributed by atoms with Crippen molar-refractivity contribution in [2.45, 2.75) is 45.8 Å². The van der Waals surface area contributed by atoms with E-state index in [9.17, 15) is 18.0 Å². The lowest BCUT2D eigenvalue weighted by Gasteiger charge is -2.11. The zero-order chi connectivity index (χ0) is 22.0. The Kier molecular flexibility index (Phi) is 11.8. The van der Waals surface area contributed by atoms with Gasteiger partial charge in [0.2, 0.25) is 5.91 Å². The van der Waals surface area contributed by atoms with Crippen molar-refractivity contribution in [1.82, 2.24) is 15.6 Å². The first kappa shape index (κ1) is 27.1. The molecule has 3 N–H and O–H groups in total. The van der Waals surface area contributed by atoms with Gasteiger partial charge in [-0.1, -0.05) is 19.1 Å². The first-order valence-corrected chi connectivity index (χ1v) is 10.6. The van der Waals surface area contributed by atoms with Gasteiger partial charge in [-0.2, -0.15) is 13.2 Å². The SMILES string of the molecule is CCCC(=O)Nc1cccc(CN=C(NCC)NCCc2nc(C(F)(F)F)cs2)c1.I. The van der Waals surface area contributed by atoms with Crippen LogP contribution in [-0.4, -0.2) is 29.9 Å². The summed E-state index contributed by atoms with van der Waals surface area (Å²) in [6, 6.07) is 7.46. The number of carbonyl (C=O) groups is 1. The fraction of sp³-hybridized carbons (Fsp3) is 0.450. The van der Waals surface area contributed by atoms with Gasteiger partial charge in [-0.3, -0.25) is 4.79 Å². The fourth-order valence-corrected chi connectivity index (χ4v) is 3.36. The number of guanidine groups is 1. The Hall–Kier alpha value is -1.89. The summed E-state index contributed by atoms with van der Waals surface area (Å²) in [5.41, 5.74) is 0.800. The second-order valence-electron chi connectivity index (χ2n) is 6.49. The van der Waals surface area contributed by atoms with Crippen LogP contribution in [0.3, 0.4) is 0 Å². The lowest BCUT2D eigenvalue weighted by molar-refractivity contribution is -0.140. The van der Waals surface area contributed by atoms with E-state index in [-0.39, 0.29) is 29.9 Å². The molecule has 172 valence electrons. The molecule has 31 heavy (non-hydrogen) atoms. The van der Waals surface area contributed by atoms with Crippen LogP contribution in [0.15, 0.2) is 34.6 Å². The maximum atomic E-state index is 12.6. The van der Waals surface area contributed by atoms with Crippen molar-refractivity contribution < 1.29 is 18.0 Å². The minimum absolute atomic E-state index is 0. The van der Waals surface area contributed by atoms with Crippen molar-refractivity contribution in [3.63, 3.8) is 0 Å². The molecule has 0 aliphatic carbocycles. The molecule has 0 saturated heterocycles. The topological polar surface area (TPSA) is 78.4 Å². The Morgan fingerprint density at radius 3 is 2.65 bits per heavy atom. The Balaban J connectivity index is 0.00000480. The number of anilines is 1. The van der Waals surface area contributed by atoms with E-state index in [1.54, 1.807) is 0 Å². The molecule has 1 aromatic carbocycles. The summed E-state index contributed by atoms with van der Waals surface area (Å²) < 4.78 is 37.9. The van der Waals surface area contributed by atoms with Crippen LogP contribution in [0.4, 0.5) is 18.9 Å². The summed E-state index contributed by atoms with van der Waals surface area (Å²) in [4.78, 5) is 19.9. The summed E-state index contributed by atoms with van der Waals surface area (Å²) in [5, 5.41) is 10.5. The van der Waals surface area contributed by atoms with Crippen LogP contribution < -0.4 is 16.0 Å². The Labute approximate surface area is 201 Å². The highest BCUT2D eigenvalue weighted by Crippen LogP contribution is 2.30. The maximum Gasteiger partial charge on any atom is 0.434 e. The van der Waals surface area contributed by atoms with Gasteiger partial charge in [-0.15, -0.1) is 35.3 Å². The fourth-order valence-electron chi connectivity index (χ4n) is 2.55. The lowest BCUT2D eigenvalue weighted by Crippen LogP contribution is -2.38. The second kappa shape index (κ2) is 13.5. The van der Waals surface area contributed by atoms with Crippen LogP contribution in [0.25, 0.3) is 0 Å². The largest absolute Gasteiger partial charge is 0.434 e. The molecule has 2 aromatic rings. The third-order valence-corrected chi connectivity index (χ3v) is 4.83. The second-order valence-corrected chi connectivity index (χ2v) is 7.44. The number of aromatic nitrogens is 1. The Morgan fingerprint density at radius 1 is 1.23 bits per heavy atom. The van der Waals surface area contributed by atoms with Crippen molar-refractivity contribution in [1.29, 1.82) is 0 Å². The number of alkyl halides is 3. The molecule has 1 aromatic heterocycles. The number of benzene rings is 1. The molecule has 0 saturated carbocycles. The van der Waals surface area contributed by atoms with E-state index in [1.165, 1.54) is 0 Å². The van der Waals surface area contributed by atoms with Gasteiger partial charge >= 0.3 is 6.18 Å². The number of halogens is 4. The van der Waals surface area contributed by atoms with Crippen LogP contribution in [0, 0.1) is 0 Å². The number of rotatable bonds is 9. The summed E-state index contributed by atoms with van der Waals surface area (Å²) in [6.07, 6.45) is -2.79. The summed E-state index contributed by atoms with van der Waals surface area (Å²) in [5.74, 6) is 0.537. The van der Waals surface area contributed by atoms with E-state index < -0.39 is 11.9 Å². The number of carbonyl (C=O) groups excluding carboxylic acids is 1. The molecular weight excluding hydrogens is 542 g/mol. The van der Waals surface area contributed by atoms with Gasteiger partial charge < -0.3 is 16.0 Å². The molecule has 1 amide bonds. The number of aliphatic imine (C=N–C) groups is 1. The monoisotopic (exact) mass is 569 g/mol. The number of hydrogen-bond acceptors (Lipinski definition) is 4. The summed E-state index contributed by atoms with van der Waals surface area (Å²) in [6.45, 7) is 5.32. The standard InChI is InChI=1S/C20H26F3N5OS.HI/c1-3-6-17(29)27-15-8-5-7-14(11-15)12-26-19(24-4-2)25-10-9-18-28-16(13-30-18)20(21,22)23;/h5,7-8,11,13H,3-4,6,9-10,12H2,1-2H3,(H,27,29)(H2,24,25,26);1H. The van der Waals surface area contributed by atoms with Crippen molar-refractivity contribution in [2.75, 3.05) is 18.4 Å². The van der Waals surface area contributed by atoms with E-state index in [1.807, 2.05) is 38.1 Å². The first-order chi connectivity index (χ1) is 14.3. The van der Waals surface area contributed by atoms with Gasteiger partial charge in [0.25, 0.3) is 0 Å². The van der Waals surface area contributed by atoms with Crippen LogP contribution in [0.5, 0.6) is 0 Å². The first-order valence-electron chi connectivity index (χ1n) is 9.74. The molecule has 0 unspecified atom stereocenters. The molecular formula is C20H27F3IN5OS. The highest BCUT2D eigenvalue weighted by molar-refractivity contribution is 14.0. The number of nitrogens with one attached hydrogen (secondary N) is 3. The Morgan fingerprint density at radius 2 is 2.00 bits per heavy atom. The average molecular weight is 569 g/mol. The zero-order valence-electron chi connectivity index (χ0n) is 17.4. The molecule has 6 nitrogen and oxygen atoms in total. The molecule has 0 spiro atoms. The van der Waals surface area contributed by atoms with E-state index in [4.69, 9.17) is 0 Å². The normalized spacial score (nSPS) is 11.6. The average Bonchev–Trinajstić information content (AvgIpc) is 3.16. The predicted molar refractivity (Wildman–Crippen MR) is 129 cm³/mol. The quantitative estimate of drug-likeness (QED) is 0.230. The van der Waals surface area contributed by atoms with Crippen molar-refractivity contribution >= 4 is 52.9 Å². The number of thiazole rings is 1. The minimum atomic E-state index is -4.41. The minimum Gasteiger partial charge on any atom is -0.357 e. The molecule has 0 aliphatic heterocycles. The van der Waals surface area contributed by atoms with Gasteiger partial charge in [-0.25, -0.2) is 9.98 Å². The molecule has 1 heterocycles. The van der Waals surface area contributed by atoms with Gasteiger partial charge in [0.1, 0.15) is 0 Å². The highest BCUT2D eigenvalue weighted by atomic mass is 127. The summed E-state index contributed by atoms with van der Waals surface area (Å²) >= 11 is 0.996. The Bertz CT molecular complexity index is 857. The van der Waals surface area contributed by atoms with E-state index >= 15 is 0 Å². The molecule has 0 fully saturated rings. The van der Waals surface area contributed by atoms with Crippen molar-refractivity contribution in [3.05, 3.63) is 45.9 Å². The molecule has 0 atom stereocenters. The van der Waals surface area contributed by atoms with Gasteiger partial charge in [0, 0.05) is 37.0 Å². The predicted octanol–water partition coefficient (Wildman–Crippen LogP) is 4.82. The van der Waals surface area contributed by atoms with Crippen LogP contribution in [0.1, 0.15) is 43.0 Å². The van der Waals surface area contributed by atoms with Crippen LogP contribution in [0.2, 0.25) is 0 Å². The van der Waals surface area contributed by atoms with E-state index in [2.05, 4.69) is 25.9 Å². The smallest absolute Gasteiger partial charge is 0.357 e. The maximum absolute atomic E-state index is 12.6. The van der Waals surface area contributed by atoms with Gasteiger partial charge in [0.05, 0.1) is 11.6 Å². The molecule has 11 heteroatoms. The molecule has 0 radical (unpaired) electrons. The number of nitrogens with zero attached hydrogens (tertiary/aromatic N) is 2. The zero-order valence-corrected chi connectivity index (χ0v) is 20.5. The lowest BCUT2D eigenvalue weighted by atomic mass is 10.2. The highest BCUT2D eigenvalue weighted by Gasteiger charge is 2.33. The van der Waals surface area contributed by atoms with Crippen molar-refractivity contribution in [2.24, 2.45) is 4.99 Å².